The predicted molar refractivity (Wildman–Crippen MR) is 45.8 cm³/mol. The third-order valence-electron chi connectivity index (χ3n) is 2.41. The number of aryl methyl sites for hydroxylation is 1. The van der Waals surface area contributed by atoms with E-state index in [1.54, 1.807) is 0 Å². The van der Waals surface area contributed by atoms with Crippen molar-refractivity contribution in [2.24, 2.45) is 5.92 Å². The minimum atomic E-state index is 0.224. The zero-order chi connectivity index (χ0) is 8.39. The molecule has 1 aromatic heterocycles. The average Bonchev–Trinajstić information content (AvgIpc) is 2.17. The highest BCUT2D eigenvalue weighted by atomic mass is 16.1. The van der Waals surface area contributed by atoms with Crippen LogP contribution in [0.15, 0.2) is 18.3 Å². The Balaban J connectivity index is 2.28. The fourth-order valence-electron chi connectivity index (χ4n) is 1.71. The Hall–Kier alpha value is -1.18. The first kappa shape index (κ1) is 7.47. The molecule has 62 valence electrons. The van der Waals surface area contributed by atoms with E-state index >= 15 is 0 Å². The van der Waals surface area contributed by atoms with Crippen molar-refractivity contribution in [2.45, 2.75) is 19.3 Å². The molecule has 0 saturated carbocycles. The first-order valence-corrected chi connectivity index (χ1v) is 4.28. The van der Waals surface area contributed by atoms with Gasteiger partial charge < -0.3 is 4.79 Å². The molecule has 0 saturated heterocycles. The highest BCUT2D eigenvalue weighted by Crippen LogP contribution is 2.21. The Morgan fingerprint density at radius 1 is 1.58 bits per heavy atom. The highest BCUT2D eigenvalue weighted by Gasteiger charge is 2.17. The van der Waals surface area contributed by atoms with Crippen molar-refractivity contribution < 1.29 is 4.79 Å². The van der Waals surface area contributed by atoms with Gasteiger partial charge in [-0.3, -0.25) is 4.98 Å². The van der Waals surface area contributed by atoms with Crippen molar-refractivity contribution in [2.75, 3.05) is 0 Å². The molecule has 1 aliphatic carbocycles. The molecular formula is C10H11NO. The maximum Gasteiger partial charge on any atom is 0.123 e. The van der Waals surface area contributed by atoms with E-state index in [2.05, 4.69) is 11.1 Å². The number of nitrogens with zero attached hydrogens (tertiary/aromatic N) is 1. The van der Waals surface area contributed by atoms with Crippen LogP contribution in [0.4, 0.5) is 0 Å². The van der Waals surface area contributed by atoms with Gasteiger partial charge in [-0.05, 0) is 30.9 Å². The molecule has 1 aromatic rings. The van der Waals surface area contributed by atoms with E-state index in [4.69, 9.17) is 0 Å². The number of rotatable bonds is 1. The van der Waals surface area contributed by atoms with Crippen molar-refractivity contribution in [1.29, 1.82) is 0 Å². The van der Waals surface area contributed by atoms with Gasteiger partial charge in [0, 0.05) is 17.8 Å². The Morgan fingerprint density at radius 3 is 3.33 bits per heavy atom. The highest BCUT2D eigenvalue weighted by molar-refractivity contribution is 5.55. The van der Waals surface area contributed by atoms with E-state index in [1.807, 2.05) is 12.3 Å². The van der Waals surface area contributed by atoms with Crippen LogP contribution >= 0.6 is 0 Å². The summed E-state index contributed by atoms with van der Waals surface area (Å²) in [6.07, 6.45) is 5.69. The van der Waals surface area contributed by atoms with Gasteiger partial charge in [-0.15, -0.1) is 0 Å². The summed E-state index contributed by atoms with van der Waals surface area (Å²) in [5, 5.41) is 0. The minimum absolute atomic E-state index is 0.224. The Labute approximate surface area is 71.6 Å². The van der Waals surface area contributed by atoms with Gasteiger partial charge in [0.05, 0.1) is 0 Å². The number of carbonyl (C=O) groups excluding carboxylic acids is 1. The summed E-state index contributed by atoms with van der Waals surface area (Å²) in [6, 6.07) is 4.00. The number of aldehydes is 1. The second-order valence-electron chi connectivity index (χ2n) is 3.25. The normalized spacial score (nSPS) is 21.5. The maximum absolute atomic E-state index is 10.5. The third-order valence-corrected chi connectivity index (χ3v) is 2.41. The molecular weight excluding hydrogens is 150 g/mol. The van der Waals surface area contributed by atoms with E-state index in [9.17, 15) is 4.79 Å². The summed E-state index contributed by atoms with van der Waals surface area (Å²) < 4.78 is 0. The molecule has 0 fully saturated rings. The summed E-state index contributed by atoms with van der Waals surface area (Å²) in [5.74, 6) is 0.224. The lowest BCUT2D eigenvalue weighted by Crippen LogP contribution is -2.16. The van der Waals surface area contributed by atoms with Crippen LogP contribution < -0.4 is 0 Å². The molecule has 2 nitrogen and oxygen atoms in total. The Bertz CT molecular complexity index is 296. The fourth-order valence-corrected chi connectivity index (χ4v) is 1.71. The number of carbonyl (C=O) groups is 1. The topological polar surface area (TPSA) is 30.0 Å². The smallest absolute Gasteiger partial charge is 0.123 e. The van der Waals surface area contributed by atoms with Crippen molar-refractivity contribution in [3.05, 3.63) is 29.6 Å². The molecule has 0 bridgehead atoms. The van der Waals surface area contributed by atoms with Gasteiger partial charge in [0.25, 0.3) is 0 Å². The Morgan fingerprint density at radius 2 is 2.50 bits per heavy atom. The molecule has 0 aromatic carbocycles. The largest absolute Gasteiger partial charge is 0.303 e. The summed E-state index contributed by atoms with van der Waals surface area (Å²) in [6.45, 7) is 0. The van der Waals surface area contributed by atoms with Gasteiger partial charge in [-0.1, -0.05) is 6.07 Å². The summed E-state index contributed by atoms with van der Waals surface area (Å²) in [4.78, 5) is 14.8. The summed E-state index contributed by atoms with van der Waals surface area (Å²) >= 11 is 0. The van der Waals surface area contributed by atoms with Crippen LogP contribution in [0.5, 0.6) is 0 Å². The van der Waals surface area contributed by atoms with Crippen molar-refractivity contribution >= 4 is 6.29 Å². The van der Waals surface area contributed by atoms with Gasteiger partial charge in [0.1, 0.15) is 6.29 Å². The average molecular weight is 161 g/mol. The molecule has 12 heavy (non-hydrogen) atoms. The second kappa shape index (κ2) is 3.05. The van der Waals surface area contributed by atoms with E-state index in [1.165, 1.54) is 11.3 Å². The predicted octanol–water partition coefficient (Wildman–Crippen LogP) is 1.39. The van der Waals surface area contributed by atoms with Gasteiger partial charge in [-0.2, -0.15) is 0 Å². The molecule has 0 N–H and O–H groups in total. The zero-order valence-corrected chi connectivity index (χ0v) is 6.86. The maximum atomic E-state index is 10.5. The third kappa shape index (κ3) is 1.24. The van der Waals surface area contributed by atoms with Crippen molar-refractivity contribution in [3.63, 3.8) is 0 Å². The molecule has 1 atom stereocenters. The molecule has 0 spiro atoms. The van der Waals surface area contributed by atoms with Gasteiger partial charge >= 0.3 is 0 Å². The number of aromatic nitrogens is 1. The minimum Gasteiger partial charge on any atom is -0.303 e. The summed E-state index contributed by atoms with van der Waals surface area (Å²) in [5.41, 5.74) is 2.43. The lowest BCUT2D eigenvalue weighted by molar-refractivity contribution is -0.111. The van der Waals surface area contributed by atoms with Crippen molar-refractivity contribution in [3.8, 4) is 0 Å². The number of pyridine rings is 1. The summed E-state index contributed by atoms with van der Waals surface area (Å²) in [7, 11) is 0. The number of hydrogen-bond donors (Lipinski definition) is 0. The second-order valence-corrected chi connectivity index (χ2v) is 3.25. The molecule has 1 unspecified atom stereocenters. The van der Waals surface area contributed by atoms with Gasteiger partial charge in [-0.25, -0.2) is 0 Å². The van der Waals surface area contributed by atoms with Crippen LogP contribution in [0, 0.1) is 5.92 Å². The molecule has 0 radical (unpaired) electrons. The Kier molecular flexibility index (Phi) is 1.90. The van der Waals surface area contributed by atoms with E-state index in [-0.39, 0.29) is 5.92 Å². The van der Waals surface area contributed by atoms with Crippen LogP contribution in [0.1, 0.15) is 17.7 Å². The van der Waals surface area contributed by atoms with Crippen LogP contribution in [-0.4, -0.2) is 11.3 Å². The van der Waals surface area contributed by atoms with Gasteiger partial charge in [0.2, 0.25) is 0 Å². The van der Waals surface area contributed by atoms with Crippen LogP contribution in [0.3, 0.4) is 0 Å². The standard InChI is InChI=1S/C10H11NO/c12-7-8-3-4-10-9(6-8)2-1-5-11-10/h1-2,5,7-8H,3-4,6H2. The molecule has 2 rings (SSSR count). The lowest BCUT2D eigenvalue weighted by Gasteiger charge is -2.18. The van der Waals surface area contributed by atoms with E-state index < -0.39 is 0 Å². The van der Waals surface area contributed by atoms with Crippen LogP contribution in [0.25, 0.3) is 0 Å². The molecule has 1 aliphatic rings. The fraction of sp³-hybridized carbons (Fsp3) is 0.400. The zero-order valence-electron chi connectivity index (χ0n) is 6.86. The molecule has 2 heteroatoms. The number of fused-ring (bicyclic) bond motifs is 1. The number of hydrogen-bond acceptors (Lipinski definition) is 2. The quantitative estimate of drug-likeness (QED) is 0.582. The van der Waals surface area contributed by atoms with E-state index in [0.29, 0.717) is 0 Å². The SMILES string of the molecule is O=CC1CCc2ncccc2C1. The molecule has 0 aliphatic heterocycles. The van der Waals surface area contributed by atoms with Gasteiger partial charge in [0.15, 0.2) is 0 Å². The first-order chi connectivity index (χ1) is 5.90. The van der Waals surface area contributed by atoms with Crippen LogP contribution in [0.2, 0.25) is 0 Å². The first-order valence-electron chi connectivity index (χ1n) is 4.28. The van der Waals surface area contributed by atoms with Crippen molar-refractivity contribution in [1.82, 2.24) is 4.98 Å². The molecule has 0 amide bonds. The lowest BCUT2D eigenvalue weighted by atomic mass is 9.88. The molecule has 1 heterocycles. The van der Waals surface area contributed by atoms with Crippen LogP contribution in [-0.2, 0) is 17.6 Å². The monoisotopic (exact) mass is 161 g/mol. The van der Waals surface area contributed by atoms with E-state index in [0.717, 1.165) is 25.5 Å².